The second kappa shape index (κ2) is 10.3. The van der Waals surface area contributed by atoms with Gasteiger partial charge in [-0.25, -0.2) is 0 Å². The first-order valence-corrected chi connectivity index (χ1v) is 11.4. The van der Waals surface area contributed by atoms with Crippen LogP contribution in [0.4, 0.5) is 18.9 Å². The highest BCUT2D eigenvalue weighted by Crippen LogP contribution is 2.31. The van der Waals surface area contributed by atoms with E-state index in [0.717, 1.165) is 6.07 Å². The topological polar surface area (TPSA) is 59.1 Å². The van der Waals surface area contributed by atoms with Crippen molar-refractivity contribution in [1.82, 2.24) is 20.0 Å². The maximum Gasteiger partial charge on any atom is 0.416 e. The van der Waals surface area contributed by atoms with E-state index in [4.69, 9.17) is 0 Å². The van der Waals surface area contributed by atoms with Crippen molar-refractivity contribution in [3.05, 3.63) is 29.8 Å². The number of amides is 2. The first-order chi connectivity index (χ1) is 15.4. The van der Waals surface area contributed by atoms with Crippen molar-refractivity contribution in [2.45, 2.75) is 32.5 Å². The Bertz CT molecular complexity index is 824. The molecule has 2 fully saturated rings. The minimum atomic E-state index is -4.36. The molecule has 0 aromatic heterocycles. The molecule has 2 heterocycles. The molecule has 2 aliphatic heterocycles. The van der Waals surface area contributed by atoms with Gasteiger partial charge in [0.1, 0.15) is 0 Å². The monoisotopic (exact) mass is 469 g/mol. The third kappa shape index (κ3) is 7.60. The van der Waals surface area contributed by atoms with Crippen LogP contribution < -0.4 is 10.2 Å². The maximum atomic E-state index is 13.0. The number of hydrogen-bond acceptors (Lipinski definition) is 5. The minimum absolute atomic E-state index is 0.0130. The molecule has 2 aliphatic rings. The SMILES string of the molecule is CC(C)(C)NC(=O)CN1CCN(C(=O)CN2CCN(c3cccc(C(F)(F)F)c3)CC2)CC1. The van der Waals surface area contributed by atoms with Crippen LogP contribution in [0.1, 0.15) is 26.3 Å². The Morgan fingerprint density at radius 1 is 0.879 bits per heavy atom. The van der Waals surface area contributed by atoms with Crippen molar-refractivity contribution < 1.29 is 22.8 Å². The van der Waals surface area contributed by atoms with E-state index in [1.54, 1.807) is 6.07 Å². The van der Waals surface area contributed by atoms with E-state index < -0.39 is 11.7 Å². The Kier molecular flexibility index (Phi) is 7.89. The molecule has 0 unspecified atom stereocenters. The fourth-order valence-corrected chi connectivity index (χ4v) is 4.15. The van der Waals surface area contributed by atoms with E-state index in [1.807, 2.05) is 30.6 Å². The zero-order valence-electron chi connectivity index (χ0n) is 19.6. The molecule has 0 aliphatic carbocycles. The molecular weight excluding hydrogens is 435 g/mol. The van der Waals surface area contributed by atoms with Gasteiger partial charge >= 0.3 is 6.18 Å². The van der Waals surface area contributed by atoms with Gasteiger partial charge in [-0.1, -0.05) is 6.07 Å². The highest BCUT2D eigenvalue weighted by Gasteiger charge is 2.31. The number of carbonyl (C=O) groups is 2. The third-order valence-electron chi connectivity index (χ3n) is 5.88. The lowest BCUT2D eigenvalue weighted by Crippen LogP contribution is -2.55. The molecule has 1 aromatic rings. The van der Waals surface area contributed by atoms with Crippen LogP contribution in [0.3, 0.4) is 0 Å². The quantitative estimate of drug-likeness (QED) is 0.714. The van der Waals surface area contributed by atoms with E-state index in [-0.39, 0.29) is 17.4 Å². The Morgan fingerprint density at radius 3 is 2.03 bits per heavy atom. The van der Waals surface area contributed by atoms with Crippen molar-refractivity contribution in [2.75, 3.05) is 70.3 Å². The predicted octanol–water partition coefficient (Wildman–Crippen LogP) is 1.89. The lowest BCUT2D eigenvalue weighted by molar-refractivity contribution is -0.137. The first kappa shape index (κ1) is 25.3. The van der Waals surface area contributed by atoms with E-state index in [0.29, 0.717) is 71.1 Å². The van der Waals surface area contributed by atoms with Crippen molar-refractivity contribution >= 4 is 17.5 Å². The average molecular weight is 470 g/mol. The number of nitrogens with one attached hydrogen (secondary N) is 1. The summed E-state index contributed by atoms with van der Waals surface area (Å²) in [5.74, 6) is 0.0437. The van der Waals surface area contributed by atoms with Crippen molar-refractivity contribution in [3.8, 4) is 0 Å². The number of halogens is 3. The maximum absolute atomic E-state index is 13.0. The Labute approximate surface area is 193 Å². The number of alkyl halides is 3. The fourth-order valence-electron chi connectivity index (χ4n) is 4.15. The molecule has 7 nitrogen and oxygen atoms in total. The van der Waals surface area contributed by atoms with Gasteiger partial charge in [0.05, 0.1) is 18.7 Å². The lowest BCUT2D eigenvalue weighted by atomic mass is 10.1. The molecule has 0 spiro atoms. The van der Waals surface area contributed by atoms with Gasteiger partial charge in [0, 0.05) is 63.6 Å². The summed E-state index contributed by atoms with van der Waals surface area (Å²) in [6, 6.07) is 5.38. The zero-order chi connectivity index (χ0) is 24.2. The fraction of sp³-hybridized carbons (Fsp3) is 0.652. The molecule has 0 saturated carbocycles. The van der Waals surface area contributed by atoms with Gasteiger partial charge in [0.25, 0.3) is 0 Å². The van der Waals surface area contributed by atoms with Crippen molar-refractivity contribution in [1.29, 1.82) is 0 Å². The van der Waals surface area contributed by atoms with E-state index >= 15 is 0 Å². The summed E-state index contributed by atoms with van der Waals surface area (Å²) in [4.78, 5) is 32.7. The molecule has 1 N–H and O–H groups in total. The molecule has 0 atom stereocenters. The van der Waals surface area contributed by atoms with E-state index in [1.165, 1.54) is 12.1 Å². The van der Waals surface area contributed by atoms with Gasteiger partial charge in [-0.3, -0.25) is 19.4 Å². The van der Waals surface area contributed by atoms with Gasteiger partial charge in [-0.05, 0) is 39.0 Å². The number of benzene rings is 1. The van der Waals surface area contributed by atoms with Crippen LogP contribution in [0.5, 0.6) is 0 Å². The number of anilines is 1. The average Bonchev–Trinajstić information content (AvgIpc) is 2.73. The Morgan fingerprint density at radius 2 is 1.45 bits per heavy atom. The van der Waals surface area contributed by atoms with Crippen molar-refractivity contribution in [2.24, 2.45) is 0 Å². The molecule has 0 bridgehead atoms. The normalized spacial score (nSPS) is 19.0. The van der Waals surface area contributed by atoms with Crippen molar-refractivity contribution in [3.63, 3.8) is 0 Å². The molecule has 10 heteroatoms. The number of piperazine rings is 2. The summed E-state index contributed by atoms with van der Waals surface area (Å²) in [6.07, 6.45) is -4.36. The van der Waals surface area contributed by atoms with Gasteiger partial charge in [-0.2, -0.15) is 13.2 Å². The first-order valence-electron chi connectivity index (χ1n) is 11.4. The molecule has 0 radical (unpaired) electrons. The summed E-state index contributed by atoms with van der Waals surface area (Å²) >= 11 is 0. The highest BCUT2D eigenvalue weighted by molar-refractivity contribution is 5.79. The van der Waals surface area contributed by atoms with Crippen LogP contribution in [0, 0.1) is 0 Å². The summed E-state index contributed by atoms with van der Waals surface area (Å²) in [5.41, 5.74) is -0.352. The van der Waals surface area contributed by atoms with Crippen LogP contribution in [-0.2, 0) is 15.8 Å². The Hall–Kier alpha value is -2.33. The number of nitrogens with zero attached hydrogens (tertiary/aromatic N) is 4. The largest absolute Gasteiger partial charge is 0.416 e. The molecule has 184 valence electrons. The number of hydrogen-bond donors (Lipinski definition) is 1. The van der Waals surface area contributed by atoms with Gasteiger partial charge in [-0.15, -0.1) is 0 Å². The molecule has 1 aromatic carbocycles. The molecular formula is C23H34F3N5O2. The summed E-state index contributed by atoms with van der Waals surface area (Å²) < 4.78 is 38.9. The second-order valence-electron chi connectivity index (χ2n) is 9.77. The molecule has 33 heavy (non-hydrogen) atoms. The summed E-state index contributed by atoms with van der Waals surface area (Å²) in [5, 5.41) is 2.95. The Balaban J connectivity index is 1.41. The van der Waals surface area contributed by atoms with Crippen LogP contribution in [-0.4, -0.2) is 97.5 Å². The molecule has 3 rings (SSSR count). The van der Waals surface area contributed by atoms with Gasteiger partial charge in [0.15, 0.2) is 0 Å². The standard InChI is InChI=1S/C23H34F3N5O2/c1-22(2,3)27-20(32)16-28-9-13-31(14-10-28)21(33)17-29-7-11-30(12-8-29)19-6-4-5-18(15-19)23(24,25)26/h4-6,15H,7-14,16-17H2,1-3H3,(H,27,32). The van der Waals surface area contributed by atoms with Gasteiger partial charge in [0.2, 0.25) is 11.8 Å². The summed E-state index contributed by atoms with van der Waals surface area (Å²) in [7, 11) is 0. The van der Waals surface area contributed by atoms with Gasteiger partial charge < -0.3 is 15.1 Å². The van der Waals surface area contributed by atoms with E-state index in [9.17, 15) is 22.8 Å². The zero-order valence-corrected chi connectivity index (χ0v) is 19.6. The predicted molar refractivity (Wildman–Crippen MR) is 121 cm³/mol. The summed E-state index contributed by atoms with van der Waals surface area (Å²) in [6.45, 7) is 11.4. The van der Waals surface area contributed by atoms with E-state index in [2.05, 4.69) is 15.1 Å². The second-order valence-corrected chi connectivity index (χ2v) is 9.77. The number of carbonyl (C=O) groups excluding carboxylic acids is 2. The third-order valence-corrected chi connectivity index (χ3v) is 5.88. The lowest BCUT2D eigenvalue weighted by Gasteiger charge is -2.38. The van der Waals surface area contributed by atoms with Crippen LogP contribution in [0.15, 0.2) is 24.3 Å². The van der Waals surface area contributed by atoms with Crippen LogP contribution >= 0.6 is 0 Å². The van der Waals surface area contributed by atoms with Crippen LogP contribution in [0.2, 0.25) is 0 Å². The molecule has 2 amide bonds. The smallest absolute Gasteiger partial charge is 0.369 e. The molecule has 2 saturated heterocycles. The minimum Gasteiger partial charge on any atom is -0.369 e. The number of rotatable bonds is 5. The highest BCUT2D eigenvalue weighted by atomic mass is 19.4. The van der Waals surface area contributed by atoms with Crippen LogP contribution in [0.25, 0.3) is 0 Å².